The average molecular weight is 380 g/mol. The second kappa shape index (κ2) is 8.95. The quantitative estimate of drug-likeness (QED) is 0.554. The summed E-state index contributed by atoms with van der Waals surface area (Å²) in [5, 5.41) is 4.19. The van der Waals surface area contributed by atoms with Crippen LogP contribution in [0.4, 0.5) is 0 Å². The molecule has 28 heavy (non-hydrogen) atoms. The molecule has 4 rings (SSSR count). The Morgan fingerprint density at radius 2 is 2.07 bits per heavy atom. The van der Waals surface area contributed by atoms with E-state index in [0.29, 0.717) is 30.8 Å². The van der Waals surface area contributed by atoms with E-state index in [1.807, 2.05) is 18.2 Å². The molecule has 3 heterocycles. The normalized spacial score (nSPS) is 17.1. The van der Waals surface area contributed by atoms with Gasteiger partial charge in [-0.3, -0.25) is 4.90 Å². The standard InChI is InChI=1S/C21H24N4O3/c1-26-12-13-27-19-14-17(9-10-22-19)20-23-21(28-24-20)18-8-5-11-25(18)15-16-6-3-2-4-7-16/h2-4,6-7,9-10,14,18H,5,8,11-13,15H2,1H3. The molecule has 0 bridgehead atoms. The summed E-state index contributed by atoms with van der Waals surface area (Å²) in [5.74, 6) is 1.75. The Morgan fingerprint density at radius 1 is 1.18 bits per heavy atom. The maximum absolute atomic E-state index is 5.63. The summed E-state index contributed by atoms with van der Waals surface area (Å²) in [5.41, 5.74) is 2.12. The third-order valence-corrected chi connectivity index (χ3v) is 4.85. The van der Waals surface area contributed by atoms with Crippen LogP contribution in [-0.2, 0) is 11.3 Å². The van der Waals surface area contributed by atoms with E-state index >= 15 is 0 Å². The van der Waals surface area contributed by atoms with E-state index in [0.717, 1.165) is 31.5 Å². The first kappa shape index (κ1) is 18.6. The van der Waals surface area contributed by atoms with E-state index < -0.39 is 0 Å². The molecule has 7 nitrogen and oxygen atoms in total. The third-order valence-electron chi connectivity index (χ3n) is 4.85. The highest BCUT2D eigenvalue weighted by Gasteiger charge is 2.30. The van der Waals surface area contributed by atoms with Gasteiger partial charge >= 0.3 is 0 Å². The van der Waals surface area contributed by atoms with E-state index in [9.17, 15) is 0 Å². The number of rotatable bonds is 8. The first-order valence-corrected chi connectivity index (χ1v) is 9.53. The molecule has 2 aromatic heterocycles. The molecule has 1 aliphatic heterocycles. The molecule has 1 atom stereocenters. The Hall–Kier alpha value is -2.77. The minimum Gasteiger partial charge on any atom is -0.475 e. The fourth-order valence-corrected chi connectivity index (χ4v) is 3.46. The number of pyridine rings is 1. The lowest BCUT2D eigenvalue weighted by Gasteiger charge is -2.21. The average Bonchev–Trinajstić information content (AvgIpc) is 3.39. The molecule has 0 spiro atoms. The van der Waals surface area contributed by atoms with Gasteiger partial charge in [0.05, 0.1) is 12.6 Å². The Labute approximate surface area is 164 Å². The van der Waals surface area contributed by atoms with Crippen LogP contribution < -0.4 is 4.74 Å². The number of ether oxygens (including phenoxy) is 2. The second-order valence-corrected chi connectivity index (χ2v) is 6.79. The van der Waals surface area contributed by atoms with Gasteiger partial charge in [-0.15, -0.1) is 0 Å². The van der Waals surface area contributed by atoms with Gasteiger partial charge in [0.15, 0.2) is 0 Å². The molecule has 0 N–H and O–H groups in total. The van der Waals surface area contributed by atoms with Crippen LogP contribution in [0.15, 0.2) is 53.2 Å². The summed E-state index contributed by atoms with van der Waals surface area (Å²) in [6.45, 7) is 2.87. The summed E-state index contributed by atoms with van der Waals surface area (Å²) in [6.07, 6.45) is 3.84. The summed E-state index contributed by atoms with van der Waals surface area (Å²) < 4.78 is 16.2. The lowest BCUT2D eigenvalue weighted by molar-refractivity contribution is 0.144. The SMILES string of the molecule is COCCOc1cc(-c2noc(C3CCCN3Cc3ccccc3)n2)ccn1. The Balaban J connectivity index is 1.47. The first-order valence-electron chi connectivity index (χ1n) is 9.53. The van der Waals surface area contributed by atoms with E-state index in [2.05, 4.69) is 44.3 Å². The minimum atomic E-state index is 0.153. The summed E-state index contributed by atoms with van der Waals surface area (Å²) >= 11 is 0. The smallest absolute Gasteiger partial charge is 0.244 e. The Kier molecular flexibility index (Phi) is 5.94. The second-order valence-electron chi connectivity index (χ2n) is 6.79. The molecule has 3 aromatic rings. The topological polar surface area (TPSA) is 73.5 Å². The molecule has 0 aliphatic carbocycles. The highest BCUT2D eigenvalue weighted by molar-refractivity contribution is 5.55. The first-order chi connectivity index (χ1) is 13.8. The summed E-state index contributed by atoms with van der Waals surface area (Å²) in [6, 6.07) is 14.3. The number of methoxy groups -OCH3 is 1. The predicted octanol–water partition coefficient (Wildman–Crippen LogP) is 3.49. The maximum Gasteiger partial charge on any atom is 0.244 e. The van der Waals surface area contributed by atoms with Gasteiger partial charge in [-0.1, -0.05) is 35.5 Å². The molecule has 0 amide bonds. The van der Waals surface area contributed by atoms with Crippen molar-refractivity contribution in [3.05, 3.63) is 60.1 Å². The number of aromatic nitrogens is 3. The van der Waals surface area contributed by atoms with Crippen LogP contribution in [0.5, 0.6) is 5.88 Å². The van der Waals surface area contributed by atoms with Crippen LogP contribution in [0.25, 0.3) is 11.4 Å². The van der Waals surface area contributed by atoms with Gasteiger partial charge in [0, 0.05) is 31.5 Å². The van der Waals surface area contributed by atoms with Crippen LogP contribution >= 0.6 is 0 Å². The van der Waals surface area contributed by atoms with Crippen molar-refractivity contribution in [2.45, 2.75) is 25.4 Å². The van der Waals surface area contributed by atoms with Crippen molar-refractivity contribution in [1.29, 1.82) is 0 Å². The lowest BCUT2D eigenvalue weighted by Crippen LogP contribution is -2.22. The lowest BCUT2D eigenvalue weighted by atomic mass is 10.2. The third kappa shape index (κ3) is 4.37. The van der Waals surface area contributed by atoms with Gasteiger partial charge < -0.3 is 14.0 Å². The highest BCUT2D eigenvalue weighted by atomic mass is 16.5. The zero-order chi connectivity index (χ0) is 19.2. The van der Waals surface area contributed by atoms with Crippen molar-refractivity contribution < 1.29 is 14.0 Å². The van der Waals surface area contributed by atoms with Crippen LogP contribution in [0.2, 0.25) is 0 Å². The highest BCUT2D eigenvalue weighted by Crippen LogP contribution is 2.33. The number of hydrogen-bond donors (Lipinski definition) is 0. The van der Waals surface area contributed by atoms with Crippen molar-refractivity contribution in [2.24, 2.45) is 0 Å². The van der Waals surface area contributed by atoms with Crippen LogP contribution in [-0.4, -0.2) is 46.9 Å². The van der Waals surface area contributed by atoms with E-state index in [-0.39, 0.29) is 6.04 Å². The van der Waals surface area contributed by atoms with Gasteiger partial charge in [0.25, 0.3) is 0 Å². The van der Waals surface area contributed by atoms with Gasteiger partial charge in [-0.2, -0.15) is 4.98 Å². The molecule has 1 aromatic carbocycles. The van der Waals surface area contributed by atoms with E-state index in [1.165, 1.54) is 5.56 Å². The van der Waals surface area contributed by atoms with Crippen molar-refractivity contribution >= 4 is 0 Å². The molecule has 146 valence electrons. The van der Waals surface area contributed by atoms with E-state index in [1.54, 1.807) is 13.3 Å². The number of hydrogen-bond acceptors (Lipinski definition) is 7. The van der Waals surface area contributed by atoms with Crippen molar-refractivity contribution in [2.75, 3.05) is 26.9 Å². The molecule has 0 saturated carbocycles. The van der Waals surface area contributed by atoms with Crippen LogP contribution in [0.1, 0.15) is 30.3 Å². The predicted molar refractivity (Wildman–Crippen MR) is 104 cm³/mol. The van der Waals surface area contributed by atoms with E-state index in [4.69, 9.17) is 14.0 Å². The van der Waals surface area contributed by atoms with Crippen LogP contribution in [0.3, 0.4) is 0 Å². The molecule has 0 radical (unpaired) electrons. The van der Waals surface area contributed by atoms with Gasteiger partial charge in [0.1, 0.15) is 6.61 Å². The van der Waals surface area contributed by atoms with Crippen molar-refractivity contribution in [1.82, 2.24) is 20.0 Å². The molecule has 1 fully saturated rings. The largest absolute Gasteiger partial charge is 0.475 e. The molecule has 7 heteroatoms. The summed E-state index contributed by atoms with van der Waals surface area (Å²) in [7, 11) is 1.64. The number of nitrogens with zero attached hydrogens (tertiary/aromatic N) is 4. The molecular weight excluding hydrogens is 356 g/mol. The maximum atomic E-state index is 5.63. The summed E-state index contributed by atoms with van der Waals surface area (Å²) in [4.78, 5) is 11.3. The van der Waals surface area contributed by atoms with Crippen LogP contribution in [0, 0.1) is 0 Å². The van der Waals surface area contributed by atoms with Crippen molar-refractivity contribution in [3.8, 4) is 17.3 Å². The van der Waals surface area contributed by atoms with Gasteiger partial charge in [-0.25, -0.2) is 4.98 Å². The fourth-order valence-electron chi connectivity index (χ4n) is 3.46. The minimum absolute atomic E-state index is 0.153. The fraction of sp³-hybridized carbons (Fsp3) is 0.381. The number of benzene rings is 1. The number of likely N-dealkylation sites (tertiary alicyclic amines) is 1. The van der Waals surface area contributed by atoms with Gasteiger partial charge in [0.2, 0.25) is 17.6 Å². The van der Waals surface area contributed by atoms with Crippen molar-refractivity contribution in [3.63, 3.8) is 0 Å². The Morgan fingerprint density at radius 3 is 2.93 bits per heavy atom. The monoisotopic (exact) mass is 380 g/mol. The zero-order valence-electron chi connectivity index (χ0n) is 16.0. The Bertz CT molecular complexity index is 884. The molecule has 1 saturated heterocycles. The zero-order valence-corrected chi connectivity index (χ0v) is 16.0. The van der Waals surface area contributed by atoms with Gasteiger partial charge in [-0.05, 0) is 31.0 Å². The molecule has 1 unspecified atom stereocenters. The molecular formula is C21H24N4O3. The molecule has 1 aliphatic rings.